The highest BCUT2D eigenvalue weighted by Gasteiger charge is 2.14. The Balaban J connectivity index is 2.60. The van der Waals surface area contributed by atoms with Crippen LogP contribution in [-0.2, 0) is 6.42 Å². The van der Waals surface area contributed by atoms with Crippen molar-refractivity contribution >= 4 is 0 Å². The lowest BCUT2D eigenvalue weighted by Crippen LogP contribution is -1.86. The Labute approximate surface area is 64.8 Å². The van der Waals surface area contributed by atoms with Gasteiger partial charge in [-0.2, -0.15) is 0 Å². The summed E-state index contributed by atoms with van der Waals surface area (Å²) in [6.07, 6.45) is 0.918. The maximum atomic E-state index is 12.7. The number of aryl methyl sites for hydroxylation is 1. The second kappa shape index (κ2) is 2.22. The molecule has 0 radical (unpaired) electrons. The Hall–Kier alpha value is -1.05. The van der Waals surface area contributed by atoms with Gasteiger partial charge in [-0.25, -0.2) is 4.39 Å². The average Bonchev–Trinajstić information content (AvgIpc) is 2.34. The summed E-state index contributed by atoms with van der Waals surface area (Å²) in [5, 5.41) is 0. The third-order valence-corrected chi connectivity index (χ3v) is 2.01. The lowest BCUT2D eigenvalue weighted by Gasteiger charge is -2.01. The Bertz CT molecular complexity index is 294. The van der Waals surface area contributed by atoms with Gasteiger partial charge in [0.25, 0.3) is 0 Å². The van der Waals surface area contributed by atoms with E-state index in [4.69, 9.17) is 4.74 Å². The molecule has 0 aromatic heterocycles. The van der Waals surface area contributed by atoms with Crippen LogP contribution in [0.4, 0.5) is 4.39 Å². The van der Waals surface area contributed by atoms with Crippen molar-refractivity contribution in [1.29, 1.82) is 0 Å². The fourth-order valence-corrected chi connectivity index (χ4v) is 1.45. The third-order valence-electron chi connectivity index (χ3n) is 2.01. The number of rotatable bonds is 0. The highest BCUT2D eigenvalue weighted by molar-refractivity contribution is 5.42. The molecule has 0 amide bonds. The fraction of sp³-hybridized carbons (Fsp3) is 0.333. The van der Waals surface area contributed by atoms with E-state index in [1.54, 1.807) is 6.07 Å². The van der Waals surface area contributed by atoms with Crippen molar-refractivity contribution < 1.29 is 9.13 Å². The zero-order chi connectivity index (χ0) is 7.84. The van der Waals surface area contributed by atoms with Gasteiger partial charge in [0.15, 0.2) is 0 Å². The van der Waals surface area contributed by atoms with Crippen LogP contribution in [0.25, 0.3) is 0 Å². The normalized spacial score (nSPS) is 14.4. The van der Waals surface area contributed by atoms with Gasteiger partial charge in [0.2, 0.25) is 0 Å². The van der Waals surface area contributed by atoms with Crippen LogP contribution < -0.4 is 4.74 Å². The predicted molar refractivity (Wildman–Crippen MR) is 40.3 cm³/mol. The van der Waals surface area contributed by atoms with E-state index in [0.29, 0.717) is 6.61 Å². The lowest BCUT2D eigenvalue weighted by atomic mass is 10.1. The summed E-state index contributed by atoms with van der Waals surface area (Å²) < 4.78 is 18.0. The topological polar surface area (TPSA) is 9.23 Å². The van der Waals surface area contributed by atoms with Crippen molar-refractivity contribution in [3.05, 3.63) is 29.1 Å². The number of fused-ring (bicyclic) bond motifs is 1. The van der Waals surface area contributed by atoms with Crippen LogP contribution in [-0.4, -0.2) is 6.61 Å². The van der Waals surface area contributed by atoms with E-state index >= 15 is 0 Å². The van der Waals surface area contributed by atoms with Crippen molar-refractivity contribution in [1.82, 2.24) is 0 Å². The average molecular weight is 152 g/mol. The predicted octanol–water partition coefficient (Wildman–Crippen LogP) is 2.07. The molecule has 58 valence electrons. The van der Waals surface area contributed by atoms with Crippen LogP contribution in [0, 0.1) is 12.7 Å². The summed E-state index contributed by atoms with van der Waals surface area (Å²) in [6.45, 7) is 2.61. The van der Waals surface area contributed by atoms with Gasteiger partial charge in [-0.05, 0) is 18.6 Å². The Morgan fingerprint density at radius 3 is 3.09 bits per heavy atom. The first-order valence-electron chi connectivity index (χ1n) is 3.69. The summed E-state index contributed by atoms with van der Waals surface area (Å²) in [7, 11) is 0. The van der Waals surface area contributed by atoms with Crippen molar-refractivity contribution in [2.24, 2.45) is 0 Å². The molecule has 1 heterocycles. The van der Waals surface area contributed by atoms with Gasteiger partial charge in [-0.15, -0.1) is 0 Å². The van der Waals surface area contributed by atoms with E-state index in [9.17, 15) is 4.39 Å². The van der Waals surface area contributed by atoms with E-state index in [2.05, 4.69) is 0 Å². The molecule has 0 unspecified atom stereocenters. The first-order chi connectivity index (χ1) is 5.27. The van der Waals surface area contributed by atoms with Crippen LogP contribution in [0.15, 0.2) is 12.1 Å². The molecule has 1 aliphatic heterocycles. The van der Waals surface area contributed by atoms with Gasteiger partial charge in [0.1, 0.15) is 11.6 Å². The second-order valence-corrected chi connectivity index (χ2v) is 2.80. The minimum absolute atomic E-state index is 0.205. The summed E-state index contributed by atoms with van der Waals surface area (Å²) in [6, 6.07) is 3.00. The van der Waals surface area contributed by atoms with Gasteiger partial charge in [0, 0.05) is 18.1 Å². The first kappa shape index (κ1) is 6.65. The minimum Gasteiger partial charge on any atom is -0.493 e. The van der Waals surface area contributed by atoms with Crippen LogP contribution in [0.2, 0.25) is 0 Å². The fourth-order valence-electron chi connectivity index (χ4n) is 1.45. The third kappa shape index (κ3) is 0.985. The maximum Gasteiger partial charge on any atom is 0.127 e. The lowest BCUT2D eigenvalue weighted by molar-refractivity contribution is 0.355. The minimum atomic E-state index is -0.205. The molecule has 2 heteroatoms. The van der Waals surface area contributed by atoms with Crippen LogP contribution in [0.3, 0.4) is 0 Å². The van der Waals surface area contributed by atoms with Crippen molar-refractivity contribution in [3.63, 3.8) is 0 Å². The number of hydrogen-bond acceptors (Lipinski definition) is 1. The van der Waals surface area contributed by atoms with Crippen LogP contribution >= 0.6 is 0 Å². The van der Waals surface area contributed by atoms with Gasteiger partial charge in [-0.1, -0.05) is 0 Å². The second-order valence-electron chi connectivity index (χ2n) is 2.80. The smallest absolute Gasteiger partial charge is 0.127 e. The highest BCUT2D eigenvalue weighted by atomic mass is 19.1. The quantitative estimate of drug-likeness (QED) is 0.553. The zero-order valence-corrected chi connectivity index (χ0v) is 6.36. The Morgan fingerprint density at radius 2 is 2.27 bits per heavy atom. The van der Waals surface area contributed by atoms with E-state index < -0.39 is 0 Å². The van der Waals surface area contributed by atoms with Crippen LogP contribution in [0.5, 0.6) is 5.75 Å². The standard InChI is InChI=1S/C9H9FO/c1-6-4-7(10)5-9-8(6)2-3-11-9/h4-5H,2-3H2,1H3. The molecule has 0 N–H and O–H groups in total. The highest BCUT2D eigenvalue weighted by Crippen LogP contribution is 2.28. The van der Waals surface area contributed by atoms with Gasteiger partial charge in [0.05, 0.1) is 6.61 Å². The number of halogens is 1. The number of hydrogen-bond donors (Lipinski definition) is 0. The molecular weight excluding hydrogens is 143 g/mol. The summed E-state index contributed by atoms with van der Waals surface area (Å²) in [5.74, 6) is 0.519. The maximum absolute atomic E-state index is 12.7. The molecule has 0 bridgehead atoms. The van der Waals surface area contributed by atoms with Gasteiger partial charge in [-0.3, -0.25) is 0 Å². The SMILES string of the molecule is Cc1cc(F)cc2c1CCO2. The molecule has 0 saturated heterocycles. The Morgan fingerprint density at radius 1 is 1.45 bits per heavy atom. The van der Waals surface area contributed by atoms with E-state index in [0.717, 1.165) is 23.3 Å². The molecule has 1 aromatic rings. The molecule has 2 rings (SSSR count). The van der Waals surface area contributed by atoms with Gasteiger partial charge >= 0.3 is 0 Å². The van der Waals surface area contributed by atoms with E-state index in [1.807, 2.05) is 6.92 Å². The molecule has 0 spiro atoms. The zero-order valence-electron chi connectivity index (χ0n) is 6.36. The van der Waals surface area contributed by atoms with E-state index in [-0.39, 0.29) is 5.82 Å². The molecule has 0 fully saturated rings. The first-order valence-corrected chi connectivity index (χ1v) is 3.69. The summed E-state index contributed by atoms with van der Waals surface area (Å²) in [4.78, 5) is 0. The van der Waals surface area contributed by atoms with Gasteiger partial charge < -0.3 is 4.74 Å². The molecule has 0 atom stereocenters. The monoisotopic (exact) mass is 152 g/mol. The van der Waals surface area contributed by atoms with Crippen molar-refractivity contribution in [3.8, 4) is 5.75 Å². The van der Waals surface area contributed by atoms with E-state index in [1.165, 1.54) is 6.07 Å². The molecule has 1 nitrogen and oxygen atoms in total. The molecule has 0 saturated carbocycles. The molecule has 0 aliphatic carbocycles. The molecule has 11 heavy (non-hydrogen) atoms. The number of ether oxygens (including phenoxy) is 1. The Kier molecular flexibility index (Phi) is 1.34. The molecule has 1 aromatic carbocycles. The van der Waals surface area contributed by atoms with Crippen molar-refractivity contribution in [2.45, 2.75) is 13.3 Å². The molecular formula is C9H9FO. The van der Waals surface area contributed by atoms with Crippen molar-refractivity contribution in [2.75, 3.05) is 6.61 Å². The summed E-state index contributed by atoms with van der Waals surface area (Å²) >= 11 is 0. The van der Waals surface area contributed by atoms with Crippen LogP contribution in [0.1, 0.15) is 11.1 Å². The molecule has 1 aliphatic rings. The largest absolute Gasteiger partial charge is 0.493 e. The summed E-state index contributed by atoms with van der Waals surface area (Å²) in [5.41, 5.74) is 2.16. The number of benzene rings is 1.